The van der Waals surface area contributed by atoms with Gasteiger partial charge in [0.2, 0.25) is 0 Å². The number of carbonyl (C=O) groups excluding carboxylic acids is 2. The highest BCUT2D eigenvalue weighted by Gasteiger charge is 2.30. The monoisotopic (exact) mass is 415 g/mol. The quantitative estimate of drug-likeness (QED) is 0.655. The molecule has 1 aromatic heterocycles. The smallest absolute Gasteiger partial charge is 0.256 e. The van der Waals surface area contributed by atoms with Crippen LogP contribution in [0.3, 0.4) is 0 Å². The molecule has 4 rings (SSSR count). The Bertz CT molecular complexity index is 1050. The molecule has 1 saturated heterocycles. The molecule has 0 saturated carbocycles. The number of nitrogens with zero attached hydrogens (tertiary/aromatic N) is 2. The first-order valence-electron chi connectivity index (χ1n) is 10.4. The summed E-state index contributed by atoms with van der Waals surface area (Å²) in [5.74, 6) is 0.322. The number of hydrogen-bond donors (Lipinski definition) is 1. The maximum absolute atomic E-state index is 13.5. The summed E-state index contributed by atoms with van der Waals surface area (Å²) in [5.41, 5.74) is 2.52. The van der Waals surface area contributed by atoms with E-state index in [-0.39, 0.29) is 17.9 Å². The number of nitrogens with one attached hydrogen (secondary N) is 1. The maximum Gasteiger partial charge on any atom is 0.256 e. The minimum Gasteiger partial charge on any atom is -0.497 e. The molecule has 0 aliphatic carbocycles. The molecule has 6 heteroatoms. The molecule has 1 atom stereocenters. The van der Waals surface area contributed by atoms with E-state index in [0.29, 0.717) is 29.1 Å². The van der Waals surface area contributed by atoms with Crippen molar-refractivity contribution in [3.05, 3.63) is 89.7 Å². The summed E-state index contributed by atoms with van der Waals surface area (Å²) in [6.45, 7) is 0.680. The summed E-state index contributed by atoms with van der Waals surface area (Å²) < 4.78 is 5.15. The highest BCUT2D eigenvalue weighted by molar-refractivity contribution is 6.09. The van der Waals surface area contributed by atoms with Gasteiger partial charge >= 0.3 is 0 Å². The molecular formula is C25H25N3O3. The van der Waals surface area contributed by atoms with Crippen molar-refractivity contribution < 1.29 is 14.3 Å². The predicted octanol–water partition coefficient (Wildman–Crippen LogP) is 4.71. The first kappa shape index (κ1) is 20.6. The van der Waals surface area contributed by atoms with Crippen LogP contribution < -0.4 is 10.1 Å². The van der Waals surface area contributed by atoms with Gasteiger partial charge in [-0.15, -0.1) is 0 Å². The van der Waals surface area contributed by atoms with Gasteiger partial charge in [-0.3, -0.25) is 14.6 Å². The number of aromatic nitrogens is 1. The lowest BCUT2D eigenvalue weighted by molar-refractivity contribution is 0.0612. The molecular weight excluding hydrogens is 390 g/mol. The molecule has 0 spiro atoms. The van der Waals surface area contributed by atoms with Crippen LogP contribution in [0, 0.1) is 0 Å². The zero-order valence-electron chi connectivity index (χ0n) is 17.5. The van der Waals surface area contributed by atoms with E-state index >= 15 is 0 Å². The van der Waals surface area contributed by atoms with Gasteiger partial charge in [0.25, 0.3) is 11.8 Å². The van der Waals surface area contributed by atoms with E-state index in [0.717, 1.165) is 24.8 Å². The molecule has 1 unspecified atom stereocenters. The summed E-state index contributed by atoms with van der Waals surface area (Å²) in [4.78, 5) is 32.4. The molecule has 158 valence electrons. The molecule has 1 aliphatic rings. The van der Waals surface area contributed by atoms with Crippen LogP contribution in [0.15, 0.2) is 73.1 Å². The number of carbonyl (C=O) groups is 2. The fourth-order valence-corrected chi connectivity index (χ4v) is 3.96. The van der Waals surface area contributed by atoms with Gasteiger partial charge in [-0.25, -0.2) is 0 Å². The number of benzene rings is 2. The van der Waals surface area contributed by atoms with Crippen LogP contribution >= 0.6 is 0 Å². The Balaban J connectivity index is 1.58. The fraction of sp³-hybridized carbons (Fsp3) is 0.240. The molecule has 0 radical (unpaired) electrons. The Labute approximate surface area is 181 Å². The molecule has 1 aliphatic heterocycles. The molecule has 2 aromatic carbocycles. The summed E-state index contributed by atoms with van der Waals surface area (Å²) in [7, 11) is 1.58. The Morgan fingerprint density at radius 1 is 1.03 bits per heavy atom. The maximum atomic E-state index is 13.5. The Morgan fingerprint density at radius 3 is 2.58 bits per heavy atom. The number of para-hydroxylation sites is 1. The highest BCUT2D eigenvalue weighted by atomic mass is 16.5. The number of piperidine rings is 1. The van der Waals surface area contributed by atoms with E-state index in [1.807, 2.05) is 35.4 Å². The number of amides is 2. The molecule has 3 aromatic rings. The lowest BCUT2D eigenvalue weighted by Crippen LogP contribution is -2.39. The molecule has 1 fully saturated rings. The third-order valence-electron chi connectivity index (χ3n) is 5.59. The number of likely N-dealkylation sites (tertiary alicyclic amines) is 1. The van der Waals surface area contributed by atoms with Crippen molar-refractivity contribution in [3.63, 3.8) is 0 Å². The van der Waals surface area contributed by atoms with Gasteiger partial charge in [0.15, 0.2) is 0 Å². The largest absolute Gasteiger partial charge is 0.497 e. The molecule has 1 N–H and O–H groups in total. The Kier molecular flexibility index (Phi) is 6.26. The van der Waals surface area contributed by atoms with Crippen molar-refractivity contribution in [2.45, 2.75) is 25.3 Å². The van der Waals surface area contributed by atoms with Gasteiger partial charge in [-0.2, -0.15) is 0 Å². The normalized spacial score (nSPS) is 15.9. The summed E-state index contributed by atoms with van der Waals surface area (Å²) in [6, 6.07) is 17.9. The first-order chi connectivity index (χ1) is 15.2. The highest BCUT2D eigenvalue weighted by Crippen LogP contribution is 2.33. The van der Waals surface area contributed by atoms with Crippen LogP contribution in [0.25, 0.3) is 0 Å². The molecule has 2 heterocycles. The lowest BCUT2D eigenvalue weighted by atomic mass is 9.95. The van der Waals surface area contributed by atoms with E-state index in [4.69, 9.17) is 4.74 Å². The van der Waals surface area contributed by atoms with Crippen LogP contribution in [0.4, 0.5) is 5.69 Å². The van der Waals surface area contributed by atoms with Gasteiger partial charge in [0, 0.05) is 24.5 Å². The second-order valence-electron chi connectivity index (χ2n) is 7.52. The zero-order chi connectivity index (χ0) is 21.6. The van der Waals surface area contributed by atoms with E-state index in [1.54, 1.807) is 49.7 Å². The summed E-state index contributed by atoms with van der Waals surface area (Å²) in [6.07, 6.45) is 6.50. The number of anilines is 1. The van der Waals surface area contributed by atoms with Gasteiger partial charge in [-0.1, -0.05) is 18.2 Å². The second kappa shape index (κ2) is 9.43. The standard InChI is InChI=1S/C25H25N3O3/c1-31-20-13-11-18(12-14-20)24(29)27-22-9-3-2-8-21(22)25(30)28-16-5-4-10-23(28)19-7-6-15-26-17-19/h2-3,6-9,11-15,17,23H,4-5,10,16H2,1H3,(H,27,29). The van der Waals surface area contributed by atoms with Crippen molar-refractivity contribution >= 4 is 17.5 Å². The van der Waals surface area contributed by atoms with E-state index in [9.17, 15) is 9.59 Å². The Hall–Kier alpha value is -3.67. The number of ether oxygens (including phenoxy) is 1. The minimum atomic E-state index is -0.273. The lowest BCUT2D eigenvalue weighted by Gasteiger charge is -2.36. The first-order valence-corrected chi connectivity index (χ1v) is 10.4. The second-order valence-corrected chi connectivity index (χ2v) is 7.52. The van der Waals surface area contributed by atoms with Crippen LogP contribution in [0.1, 0.15) is 51.6 Å². The Morgan fingerprint density at radius 2 is 1.84 bits per heavy atom. The fourth-order valence-electron chi connectivity index (χ4n) is 3.96. The van der Waals surface area contributed by atoms with Crippen molar-refractivity contribution in [2.75, 3.05) is 19.0 Å². The number of hydrogen-bond acceptors (Lipinski definition) is 4. The van der Waals surface area contributed by atoms with Crippen LogP contribution in [0.2, 0.25) is 0 Å². The SMILES string of the molecule is COc1ccc(C(=O)Nc2ccccc2C(=O)N2CCCCC2c2cccnc2)cc1. The summed E-state index contributed by atoms with van der Waals surface area (Å²) in [5, 5.41) is 2.90. The third-order valence-corrected chi connectivity index (χ3v) is 5.59. The van der Waals surface area contributed by atoms with Crippen molar-refractivity contribution in [3.8, 4) is 5.75 Å². The average molecular weight is 415 g/mol. The molecule has 2 amide bonds. The number of rotatable bonds is 5. The minimum absolute atomic E-state index is 0.0136. The third kappa shape index (κ3) is 4.58. The van der Waals surface area contributed by atoms with Crippen LogP contribution in [-0.4, -0.2) is 35.4 Å². The number of pyridine rings is 1. The predicted molar refractivity (Wildman–Crippen MR) is 119 cm³/mol. The van der Waals surface area contributed by atoms with Crippen LogP contribution in [-0.2, 0) is 0 Å². The van der Waals surface area contributed by atoms with E-state index in [2.05, 4.69) is 10.3 Å². The average Bonchev–Trinajstić information content (AvgIpc) is 2.84. The van der Waals surface area contributed by atoms with Crippen molar-refractivity contribution in [2.24, 2.45) is 0 Å². The van der Waals surface area contributed by atoms with Gasteiger partial charge in [-0.05, 0) is 67.3 Å². The molecule has 0 bridgehead atoms. The molecule has 6 nitrogen and oxygen atoms in total. The van der Waals surface area contributed by atoms with Gasteiger partial charge < -0.3 is 15.0 Å². The topological polar surface area (TPSA) is 71.5 Å². The van der Waals surface area contributed by atoms with Crippen LogP contribution in [0.5, 0.6) is 5.75 Å². The van der Waals surface area contributed by atoms with Crippen molar-refractivity contribution in [1.82, 2.24) is 9.88 Å². The van der Waals surface area contributed by atoms with Crippen molar-refractivity contribution in [1.29, 1.82) is 0 Å². The van der Waals surface area contributed by atoms with E-state index in [1.165, 1.54) is 0 Å². The zero-order valence-corrected chi connectivity index (χ0v) is 17.5. The van der Waals surface area contributed by atoms with E-state index < -0.39 is 0 Å². The van der Waals surface area contributed by atoms with Gasteiger partial charge in [0.1, 0.15) is 5.75 Å². The molecule has 31 heavy (non-hydrogen) atoms. The number of methoxy groups -OCH3 is 1. The summed E-state index contributed by atoms with van der Waals surface area (Å²) >= 11 is 0. The van der Waals surface area contributed by atoms with Gasteiger partial charge in [0.05, 0.1) is 24.4 Å².